The largest absolute Gasteiger partial charge is 0.497 e. The summed E-state index contributed by atoms with van der Waals surface area (Å²) in [5, 5.41) is 10.7. The Balaban J connectivity index is 1.66. The predicted octanol–water partition coefficient (Wildman–Crippen LogP) is 4.22. The molecule has 1 fully saturated rings. The predicted molar refractivity (Wildman–Crippen MR) is 111 cm³/mol. The average Bonchev–Trinajstić information content (AvgIpc) is 2.74. The van der Waals surface area contributed by atoms with Gasteiger partial charge >= 0.3 is 0 Å². The van der Waals surface area contributed by atoms with Crippen molar-refractivity contribution in [2.24, 2.45) is 0 Å². The van der Waals surface area contributed by atoms with E-state index in [2.05, 4.69) is 42.2 Å². The standard InChI is InChI=1S/C22H21N3O2S/c1-15-6-8-17(9-7-15)24-13-25-21(26)11-19(20(12-23)22(25)28-14-24)16-4-3-5-18(10-16)27-2/h3-10,19H,11,13-14H2,1-2H3/t19-/m1/s1. The lowest BCUT2D eigenvalue weighted by Crippen LogP contribution is -2.47. The van der Waals surface area contributed by atoms with Gasteiger partial charge in [0.1, 0.15) is 5.75 Å². The van der Waals surface area contributed by atoms with Crippen molar-refractivity contribution in [2.45, 2.75) is 19.3 Å². The van der Waals surface area contributed by atoms with E-state index in [0.29, 0.717) is 24.5 Å². The first-order valence-electron chi connectivity index (χ1n) is 9.13. The third kappa shape index (κ3) is 3.34. The lowest BCUT2D eigenvalue weighted by atomic mass is 9.86. The van der Waals surface area contributed by atoms with Crippen LogP contribution in [-0.4, -0.2) is 30.5 Å². The SMILES string of the molecule is COc1cccc([C@H]2CC(=O)N3CN(c4ccc(C)cc4)CSC3=C2C#N)c1. The van der Waals surface area contributed by atoms with Crippen LogP contribution in [0.15, 0.2) is 59.1 Å². The maximum atomic E-state index is 13.0. The number of fused-ring (bicyclic) bond motifs is 1. The smallest absolute Gasteiger partial charge is 0.229 e. The molecule has 0 saturated carbocycles. The highest BCUT2D eigenvalue weighted by atomic mass is 32.2. The first-order valence-corrected chi connectivity index (χ1v) is 10.1. The highest BCUT2D eigenvalue weighted by Crippen LogP contribution is 2.43. The van der Waals surface area contributed by atoms with Crippen LogP contribution in [0.3, 0.4) is 0 Å². The van der Waals surface area contributed by atoms with Gasteiger partial charge in [0.25, 0.3) is 0 Å². The van der Waals surface area contributed by atoms with Crippen LogP contribution in [-0.2, 0) is 4.79 Å². The maximum Gasteiger partial charge on any atom is 0.229 e. The number of thioether (sulfide) groups is 1. The molecule has 2 aromatic carbocycles. The van der Waals surface area contributed by atoms with Gasteiger partial charge in [-0.25, -0.2) is 0 Å². The molecule has 142 valence electrons. The molecule has 2 aliphatic rings. The van der Waals surface area contributed by atoms with Crippen LogP contribution in [0.25, 0.3) is 0 Å². The van der Waals surface area contributed by atoms with Crippen LogP contribution in [0.1, 0.15) is 23.5 Å². The van der Waals surface area contributed by atoms with Gasteiger partial charge in [-0.15, -0.1) is 0 Å². The minimum Gasteiger partial charge on any atom is -0.497 e. The summed E-state index contributed by atoms with van der Waals surface area (Å²) in [7, 11) is 1.62. The molecule has 0 bridgehead atoms. The van der Waals surface area contributed by atoms with Gasteiger partial charge < -0.3 is 9.64 Å². The number of allylic oxidation sites excluding steroid dienone is 1. The Morgan fingerprint density at radius 2 is 2.00 bits per heavy atom. The summed E-state index contributed by atoms with van der Waals surface area (Å²) in [5.41, 5.74) is 3.90. The number of benzene rings is 2. The monoisotopic (exact) mass is 391 g/mol. The van der Waals surface area contributed by atoms with Gasteiger partial charge in [-0.1, -0.05) is 41.6 Å². The molecule has 1 amide bonds. The van der Waals surface area contributed by atoms with Crippen molar-refractivity contribution in [2.75, 3.05) is 24.6 Å². The van der Waals surface area contributed by atoms with Crippen molar-refractivity contribution in [1.29, 1.82) is 5.26 Å². The molecule has 2 heterocycles. The second kappa shape index (κ2) is 7.61. The molecule has 0 N–H and O–H groups in total. The Hall–Kier alpha value is -2.91. The normalized spacial score (nSPS) is 19.3. The zero-order chi connectivity index (χ0) is 19.7. The number of ether oxygens (including phenoxy) is 1. The van der Waals surface area contributed by atoms with E-state index in [0.717, 1.165) is 22.0 Å². The summed E-state index contributed by atoms with van der Waals surface area (Å²) in [6.07, 6.45) is 0.294. The van der Waals surface area contributed by atoms with Crippen LogP contribution >= 0.6 is 11.8 Å². The van der Waals surface area contributed by atoms with Crippen molar-refractivity contribution in [3.63, 3.8) is 0 Å². The fraction of sp³-hybridized carbons (Fsp3) is 0.273. The number of anilines is 1. The molecular formula is C22H21N3O2S. The van der Waals surface area contributed by atoms with E-state index in [4.69, 9.17) is 4.74 Å². The topological polar surface area (TPSA) is 56.6 Å². The van der Waals surface area contributed by atoms with Crippen molar-refractivity contribution in [1.82, 2.24) is 4.90 Å². The zero-order valence-corrected chi connectivity index (χ0v) is 16.7. The molecule has 1 atom stereocenters. The van der Waals surface area contributed by atoms with Gasteiger partial charge in [0.05, 0.1) is 36.3 Å². The maximum absolute atomic E-state index is 13.0. The van der Waals surface area contributed by atoms with Crippen LogP contribution in [0, 0.1) is 18.3 Å². The van der Waals surface area contributed by atoms with Crippen molar-refractivity contribution in [3.05, 3.63) is 70.3 Å². The Kier molecular flexibility index (Phi) is 5.01. The number of methoxy groups -OCH3 is 1. The van der Waals surface area contributed by atoms with E-state index in [1.807, 2.05) is 24.3 Å². The van der Waals surface area contributed by atoms with Gasteiger partial charge in [-0.3, -0.25) is 9.69 Å². The Labute approximate surface area is 169 Å². The van der Waals surface area contributed by atoms with E-state index in [-0.39, 0.29) is 11.8 Å². The number of aryl methyl sites for hydroxylation is 1. The summed E-state index contributed by atoms with van der Waals surface area (Å²) in [6.45, 7) is 2.53. The Morgan fingerprint density at radius 1 is 1.21 bits per heavy atom. The first-order chi connectivity index (χ1) is 13.6. The Morgan fingerprint density at radius 3 is 2.71 bits per heavy atom. The molecule has 4 rings (SSSR count). The van der Waals surface area contributed by atoms with Gasteiger partial charge in [0.2, 0.25) is 5.91 Å². The Bertz CT molecular complexity index is 978. The minimum atomic E-state index is -0.225. The van der Waals surface area contributed by atoms with Gasteiger partial charge in [-0.05, 0) is 36.8 Å². The van der Waals surface area contributed by atoms with Crippen LogP contribution < -0.4 is 9.64 Å². The van der Waals surface area contributed by atoms with Gasteiger partial charge in [0, 0.05) is 18.0 Å². The zero-order valence-electron chi connectivity index (χ0n) is 15.9. The van der Waals surface area contributed by atoms with E-state index >= 15 is 0 Å². The quantitative estimate of drug-likeness (QED) is 0.784. The number of hydrogen-bond acceptors (Lipinski definition) is 5. The number of amides is 1. The van der Waals surface area contributed by atoms with E-state index in [1.54, 1.807) is 23.8 Å². The van der Waals surface area contributed by atoms with E-state index < -0.39 is 0 Å². The molecule has 0 aliphatic carbocycles. The lowest BCUT2D eigenvalue weighted by molar-refractivity contribution is -0.129. The van der Waals surface area contributed by atoms with Gasteiger partial charge in [-0.2, -0.15) is 5.26 Å². The highest BCUT2D eigenvalue weighted by Gasteiger charge is 2.38. The van der Waals surface area contributed by atoms with Crippen molar-refractivity contribution >= 4 is 23.4 Å². The fourth-order valence-corrected chi connectivity index (χ4v) is 4.79. The van der Waals surface area contributed by atoms with E-state index in [1.165, 1.54) is 5.56 Å². The number of nitriles is 1. The van der Waals surface area contributed by atoms with Crippen molar-refractivity contribution < 1.29 is 9.53 Å². The average molecular weight is 391 g/mol. The molecule has 2 aromatic rings. The first kappa shape index (κ1) is 18.5. The molecule has 5 nitrogen and oxygen atoms in total. The summed E-state index contributed by atoms with van der Waals surface area (Å²) < 4.78 is 5.31. The molecular weight excluding hydrogens is 370 g/mol. The number of carbonyl (C=O) groups is 1. The molecule has 2 aliphatic heterocycles. The number of nitrogens with zero attached hydrogens (tertiary/aromatic N) is 3. The molecule has 6 heteroatoms. The van der Waals surface area contributed by atoms with Crippen LogP contribution in [0.2, 0.25) is 0 Å². The van der Waals surface area contributed by atoms with Crippen LogP contribution in [0.4, 0.5) is 5.69 Å². The molecule has 0 radical (unpaired) electrons. The highest BCUT2D eigenvalue weighted by molar-refractivity contribution is 8.03. The van der Waals surface area contributed by atoms with Gasteiger partial charge in [0.15, 0.2) is 0 Å². The number of rotatable bonds is 3. The third-order valence-electron chi connectivity index (χ3n) is 5.19. The third-order valence-corrected chi connectivity index (χ3v) is 6.34. The summed E-state index contributed by atoms with van der Waals surface area (Å²) >= 11 is 1.56. The van der Waals surface area contributed by atoms with Crippen molar-refractivity contribution in [3.8, 4) is 11.8 Å². The molecule has 0 unspecified atom stereocenters. The lowest BCUT2D eigenvalue weighted by Gasteiger charge is -2.42. The number of hydrogen-bond donors (Lipinski definition) is 0. The molecule has 1 saturated heterocycles. The minimum absolute atomic E-state index is 0.0473. The second-order valence-corrected chi connectivity index (χ2v) is 7.91. The second-order valence-electron chi connectivity index (χ2n) is 6.98. The van der Waals surface area contributed by atoms with Crippen LogP contribution in [0.5, 0.6) is 5.75 Å². The fourth-order valence-electron chi connectivity index (χ4n) is 3.62. The molecule has 0 spiro atoms. The molecule has 0 aromatic heterocycles. The number of carbonyl (C=O) groups excluding carboxylic acids is 1. The summed E-state index contributed by atoms with van der Waals surface area (Å²) in [6, 6.07) is 18.3. The van der Waals surface area contributed by atoms with E-state index in [9.17, 15) is 10.1 Å². The molecule has 28 heavy (non-hydrogen) atoms. The summed E-state index contributed by atoms with van der Waals surface area (Å²) in [5.74, 6) is 1.26. The summed E-state index contributed by atoms with van der Waals surface area (Å²) in [4.78, 5) is 16.9.